The van der Waals surface area contributed by atoms with Gasteiger partial charge in [-0.2, -0.15) is 0 Å². The second kappa shape index (κ2) is 5.32. The standard InChI is InChI=1S/C14H19N5/c1-9(15)8-11(16)13-17-12-7-5-4-6-10(12)14(18-13)19(2)3/h4-7,9,16H,8,15H2,1-3H3. The lowest BCUT2D eigenvalue weighted by molar-refractivity contribution is 0.773. The van der Waals surface area contributed by atoms with E-state index in [-0.39, 0.29) is 6.04 Å². The number of benzene rings is 1. The Morgan fingerprint density at radius 3 is 2.63 bits per heavy atom. The molecule has 19 heavy (non-hydrogen) atoms. The van der Waals surface area contributed by atoms with E-state index in [1.807, 2.05) is 50.2 Å². The van der Waals surface area contributed by atoms with Crippen LogP contribution in [0.15, 0.2) is 24.3 Å². The molecule has 0 bridgehead atoms. The molecule has 100 valence electrons. The van der Waals surface area contributed by atoms with Crippen LogP contribution in [0.3, 0.4) is 0 Å². The molecule has 0 saturated heterocycles. The quantitative estimate of drug-likeness (QED) is 0.819. The van der Waals surface area contributed by atoms with Gasteiger partial charge in [-0.15, -0.1) is 0 Å². The number of para-hydroxylation sites is 1. The first-order valence-electron chi connectivity index (χ1n) is 6.26. The topological polar surface area (TPSA) is 78.9 Å². The molecule has 5 nitrogen and oxygen atoms in total. The third-order valence-corrected chi connectivity index (χ3v) is 2.80. The van der Waals surface area contributed by atoms with Crippen LogP contribution >= 0.6 is 0 Å². The van der Waals surface area contributed by atoms with E-state index in [9.17, 15) is 0 Å². The second-order valence-electron chi connectivity index (χ2n) is 4.94. The summed E-state index contributed by atoms with van der Waals surface area (Å²) in [5.41, 5.74) is 6.97. The lowest BCUT2D eigenvalue weighted by atomic mass is 10.1. The minimum Gasteiger partial charge on any atom is -0.362 e. The zero-order valence-electron chi connectivity index (χ0n) is 11.5. The number of nitrogens with zero attached hydrogens (tertiary/aromatic N) is 3. The minimum absolute atomic E-state index is 0.0645. The summed E-state index contributed by atoms with van der Waals surface area (Å²) in [5, 5.41) is 9.04. The lowest BCUT2D eigenvalue weighted by Crippen LogP contribution is -2.22. The van der Waals surface area contributed by atoms with Gasteiger partial charge in [0.15, 0.2) is 5.82 Å². The van der Waals surface area contributed by atoms with Gasteiger partial charge in [-0.1, -0.05) is 12.1 Å². The van der Waals surface area contributed by atoms with Crippen LogP contribution in [-0.2, 0) is 0 Å². The molecule has 1 atom stereocenters. The van der Waals surface area contributed by atoms with Crippen LogP contribution in [0.5, 0.6) is 0 Å². The summed E-state index contributed by atoms with van der Waals surface area (Å²) in [4.78, 5) is 10.9. The molecule has 0 aliphatic carbocycles. The highest BCUT2D eigenvalue weighted by atomic mass is 15.2. The van der Waals surface area contributed by atoms with E-state index in [0.29, 0.717) is 18.0 Å². The molecule has 1 aromatic heterocycles. The maximum absolute atomic E-state index is 8.05. The molecule has 0 saturated carbocycles. The van der Waals surface area contributed by atoms with Gasteiger partial charge < -0.3 is 16.0 Å². The Balaban J connectivity index is 2.55. The van der Waals surface area contributed by atoms with Crippen LogP contribution in [0.1, 0.15) is 19.2 Å². The van der Waals surface area contributed by atoms with Crippen molar-refractivity contribution in [2.24, 2.45) is 5.73 Å². The van der Waals surface area contributed by atoms with Crippen molar-refractivity contribution in [1.82, 2.24) is 9.97 Å². The van der Waals surface area contributed by atoms with Crippen molar-refractivity contribution in [3.05, 3.63) is 30.1 Å². The molecule has 0 radical (unpaired) electrons. The number of hydrogen-bond donors (Lipinski definition) is 2. The molecule has 1 aromatic carbocycles. The number of aromatic nitrogens is 2. The maximum atomic E-state index is 8.05. The van der Waals surface area contributed by atoms with Gasteiger partial charge in [0, 0.05) is 31.9 Å². The molecule has 0 aliphatic rings. The van der Waals surface area contributed by atoms with E-state index in [2.05, 4.69) is 9.97 Å². The zero-order valence-corrected chi connectivity index (χ0v) is 11.5. The molecule has 3 N–H and O–H groups in total. The highest BCUT2D eigenvalue weighted by Gasteiger charge is 2.13. The van der Waals surface area contributed by atoms with Gasteiger partial charge in [0.25, 0.3) is 0 Å². The van der Waals surface area contributed by atoms with Crippen molar-refractivity contribution in [3.63, 3.8) is 0 Å². The van der Waals surface area contributed by atoms with E-state index >= 15 is 0 Å². The molecule has 0 aliphatic heterocycles. The summed E-state index contributed by atoms with van der Waals surface area (Å²) in [6.07, 6.45) is 0.477. The van der Waals surface area contributed by atoms with E-state index in [1.54, 1.807) is 0 Å². The SMILES string of the molecule is CC(N)CC(=N)c1nc(N(C)C)c2ccccc2n1. The minimum atomic E-state index is -0.0645. The summed E-state index contributed by atoms with van der Waals surface area (Å²) in [6, 6.07) is 7.76. The summed E-state index contributed by atoms with van der Waals surface area (Å²) in [7, 11) is 3.88. The largest absolute Gasteiger partial charge is 0.362 e. The fourth-order valence-electron chi connectivity index (χ4n) is 1.95. The van der Waals surface area contributed by atoms with Gasteiger partial charge in [0.2, 0.25) is 0 Å². The number of anilines is 1. The van der Waals surface area contributed by atoms with Crippen molar-refractivity contribution in [1.29, 1.82) is 5.41 Å². The van der Waals surface area contributed by atoms with Gasteiger partial charge in [-0.05, 0) is 19.1 Å². The molecule has 1 unspecified atom stereocenters. The summed E-state index contributed by atoms with van der Waals surface area (Å²) >= 11 is 0. The number of nitrogens with two attached hydrogens (primary N) is 1. The van der Waals surface area contributed by atoms with Crippen LogP contribution in [0, 0.1) is 5.41 Å². The van der Waals surface area contributed by atoms with E-state index in [1.165, 1.54) is 0 Å². The van der Waals surface area contributed by atoms with Gasteiger partial charge in [0.1, 0.15) is 5.82 Å². The Bertz CT molecular complexity index is 604. The van der Waals surface area contributed by atoms with E-state index in [0.717, 1.165) is 16.7 Å². The molecule has 0 spiro atoms. The smallest absolute Gasteiger partial charge is 0.175 e. The highest BCUT2D eigenvalue weighted by Crippen LogP contribution is 2.22. The molecule has 2 rings (SSSR count). The first-order chi connectivity index (χ1) is 8.99. The van der Waals surface area contributed by atoms with Crippen LogP contribution in [0.25, 0.3) is 10.9 Å². The van der Waals surface area contributed by atoms with E-state index in [4.69, 9.17) is 11.1 Å². The first kappa shape index (κ1) is 13.4. The monoisotopic (exact) mass is 257 g/mol. The fraction of sp³-hybridized carbons (Fsp3) is 0.357. The van der Waals surface area contributed by atoms with Gasteiger partial charge in [-0.25, -0.2) is 9.97 Å². The zero-order chi connectivity index (χ0) is 14.0. The predicted molar refractivity (Wildman–Crippen MR) is 79.0 cm³/mol. The molecule has 0 fully saturated rings. The number of rotatable bonds is 4. The van der Waals surface area contributed by atoms with Crippen molar-refractivity contribution in [3.8, 4) is 0 Å². The number of hydrogen-bond acceptors (Lipinski definition) is 5. The Hall–Kier alpha value is -2.01. The van der Waals surface area contributed by atoms with Crippen molar-refractivity contribution < 1.29 is 0 Å². The lowest BCUT2D eigenvalue weighted by Gasteiger charge is -2.16. The van der Waals surface area contributed by atoms with Crippen LogP contribution in [0.4, 0.5) is 5.82 Å². The van der Waals surface area contributed by atoms with Crippen LogP contribution in [-0.4, -0.2) is 35.8 Å². The molecular formula is C14H19N5. The fourth-order valence-corrected chi connectivity index (χ4v) is 1.95. The summed E-state index contributed by atoms with van der Waals surface area (Å²) in [6.45, 7) is 1.88. The normalized spacial score (nSPS) is 12.4. The van der Waals surface area contributed by atoms with Gasteiger partial charge >= 0.3 is 0 Å². The van der Waals surface area contributed by atoms with E-state index < -0.39 is 0 Å². The van der Waals surface area contributed by atoms with Crippen molar-refractivity contribution in [2.45, 2.75) is 19.4 Å². The highest BCUT2D eigenvalue weighted by molar-refractivity contribution is 5.99. The summed E-state index contributed by atoms with van der Waals surface area (Å²) in [5.74, 6) is 1.29. The number of nitrogens with one attached hydrogen (secondary N) is 1. The third kappa shape index (κ3) is 2.88. The number of fused-ring (bicyclic) bond motifs is 1. The van der Waals surface area contributed by atoms with Gasteiger partial charge in [0.05, 0.1) is 11.2 Å². The maximum Gasteiger partial charge on any atom is 0.175 e. The van der Waals surface area contributed by atoms with Crippen LogP contribution < -0.4 is 10.6 Å². The second-order valence-corrected chi connectivity index (χ2v) is 4.94. The third-order valence-electron chi connectivity index (χ3n) is 2.80. The van der Waals surface area contributed by atoms with Gasteiger partial charge in [-0.3, -0.25) is 0 Å². The molecule has 0 amide bonds. The molecule has 2 aromatic rings. The molecular weight excluding hydrogens is 238 g/mol. The Labute approximate surface area is 113 Å². The summed E-state index contributed by atoms with van der Waals surface area (Å²) < 4.78 is 0. The Morgan fingerprint density at radius 1 is 1.32 bits per heavy atom. The van der Waals surface area contributed by atoms with Crippen molar-refractivity contribution >= 4 is 22.4 Å². The average molecular weight is 257 g/mol. The predicted octanol–water partition coefficient (Wildman–Crippen LogP) is 1.80. The molecule has 1 heterocycles. The Morgan fingerprint density at radius 2 is 2.00 bits per heavy atom. The Kier molecular flexibility index (Phi) is 3.76. The van der Waals surface area contributed by atoms with Crippen LogP contribution in [0.2, 0.25) is 0 Å². The van der Waals surface area contributed by atoms with Crippen molar-refractivity contribution in [2.75, 3.05) is 19.0 Å². The average Bonchev–Trinajstić information content (AvgIpc) is 2.36. The molecule has 5 heteroatoms. The first-order valence-corrected chi connectivity index (χ1v) is 6.26.